The molecule has 146 valence electrons. The van der Waals surface area contributed by atoms with E-state index in [-0.39, 0.29) is 5.91 Å². The molecule has 1 heterocycles. The Hall–Kier alpha value is -3.13. The molecule has 0 saturated heterocycles. The third kappa shape index (κ3) is 4.77. The first kappa shape index (κ1) is 19.6. The number of anilines is 1. The van der Waals surface area contributed by atoms with Gasteiger partial charge in [-0.25, -0.2) is 0 Å². The van der Waals surface area contributed by atoms with Gasteiger partial charge >= 0.3 is 0 Å². The third-order valence-electron chi connectivity index (χ3n) is 3.99. The normalized spacial score (nSPS) is 11.5. The summed E-state index contributed by atoms with van der Waals surface area (Å²) in [7, 11) is 3.21. The maximum Gasteiger partial charge on any atom is 0.267 e. The van der Waals surface area contributed by atoms with Gasteiger partial charge in [0, 0.05) is 5.56 Å². The Bertz CT molecular complexity index is 910. The number of hydrogen-bond donors (Lipinski definition) is 1. The Kier molecular flexibility index (Phi) is 6.44. The number of nitrogens with one attached hydrogen (secondary N) is 1. The molecule has 0 unspecified atom stereocenters. The van der Waals surface area contributed by atoms with Gasteiger partial charge in [-0.05, 0) is 55.0 Å². The topological polar surface area (TPSA) is 82.6 Å². The van der Waals surface area contributed by atoms with Crippen LogP contribution < -0.4 is 19.5 Å². The highest BCUT2D eigenvalue weighted by Crippen LogP contribution is 2.28. The van der Waals surface area contributed by atoms with Gasteiger partial charge in [0.25, 0.3) is 5.91 Å². The molecule has 0 fully saturated rings. The lowest BCUT2D eigenvalue weighted by Gasteiger charge is -2.16. The second-order valence-electron chi connectivity index (χ2n) is 5.82. The molecule has 3 aromatic rings. The van der Waals surface area contributed by atoms with Crippen molar-refractivity contribution in [1.82, 2.24) is 10.2 Å². The van der Waals surface area contributed by atoms with Gasteiger partial charge in [0.2, 0.25) is 5.13 Å². The molecule has 0 aliphatic rings. The summed E-state index contributed by atoms with van der Waals surface area (Å²) in [5.41, 5.74) is 0.903. The summed E-state index contributed by atoms with van der Waals surface area (Å²) in [4.78, 5) is 12.6. The van der Waals surface area contributed by atoms with Crippen molar-refractivity contribution in [1.29, 1.82) is 0 Å². The number of carbonyl (C=O) groups is 1. The van der Waals surface area contributed by atoms with Crippen LogP contribution >= 0.6 is 11.3 Å². The fourth-order valence-electron chi connectivity index (χ4n) is 2.45. The fourth-order valence-corrected chi connectivity index (χ4v) is 3.20. The molecule has 28 heavy (non-hydrogen) atoms. The van der Waals surface area contributed by atoms with Crippen LogP contribution in [0, 0.1) is 0 Å². The summed E-state index contributed by atoms with van der Waals surface area (Å²) in [5.74, 6) is 1.82. The highest BCUT2D eigenvalue weighted by Gasteiger charge is 2.20. The van der Waals surface area contributed by atoms with E-state index in [1.54, 1.807) is 38.5 Å². The predicted octanol–water partition coefficient (Wildman–Crippen LogP) is 4.02. The number of aromatic nitrogens is 2. The summed E-state index contributed by atoms with van der Waals surface area (Å²) in [6.45, 7) is 1.89. The summed E-state index contributed by atoms with van der Waals surface area (Å²) in [5, 5.41) is 12.1. The van der Waals surface area contributed by atoms with Crippen LogP contribution in [0.3, 0.4) is 0 Å². The second kappa shape index (κ2) is 9.18. The molecule has 3 rings (SSSR count). The minimum atomic E-state index is -0.637. The molecule has 1 atom stereocenters. The zero-order chi connectivity index (χ0) is 19.9. The molecular weight excluding hydrogens is 378 g/mol. The molecule has 0 aliphatic carbocycles. The lowest BCUT2D eigenvalue weighted by Crippen LogP contribution is -2.32. The van der Waals surface area contributed by atoms with Crippen molar-refractivity contribution in [2.24, 2.45) is 0 Å². The lowest BCUT2D eigenvalue weighted by molar-refractivity contribution is -0.122. The third-order valence-corrected chi connectivity index (χ3v) is 4.88. The van der Waals surface area contributed by atoms with Crippen LogP contribution in [0.25, 0.3) is 10.6 Å². The molecule has 1 amide bonds. The van der Waals surface area contributed by atoms with Crippen molar-refractivity contribution in [3.8, 4) is 27.8 Å². The van der Waals surface area contributed by atoms with Crippen LogP contribution in [-0.2, 0) is 4.79 Å². The molecule has 0 bridgehead atoms. The quantitative estimate of drug-likeness (QED) is 0.616. The SMILES string of the molecule is CC[C@H](Oc1ccc(OC)cc1)C(=O)Nc1nnc(-c2ccc(OC)cc2)s1. The van der Waals surface area contributed by atoms with E-state index >= 15 is 0 Å². The monoisotopic (exact) mass is 399 g/mol. The molecule has 1 aromatic heterocycles. The van der Waals surface area contributed by atoms with Crippen LogP contribution in [0.1, 0.15) is 13.3 Å². The van der Waals surface area contributed by atoms with Crippen LogP contribution in [0.15, 0.2) is 48.5 Å². The maximum atomic E-state index is 12.6. The van der Waals surface area contributed by atoms with Crippen LogP contribution in [-0.4, -0.2) is 36.4 Å². The van der Waals surface area contributed by atoms with Crippen molar-refractivity contribution in [3.63, 3.8) is 0 Å². The fraction of sp³-hybridized carbons (Fsp3) is 0.250. The van der Waals surface area contributed by atoms with Crippen molar-refractivity contribution < 1.29 is 19.0 Å². The van der Waals surface area contributed by atoms with Crippen molar-refractivity contribution in [3.05, 3.63) is 48.5 Å². The first-order valence-electron chi connectivity index (χ1n) is 8.72. The van der Waals surface area contributed by atoms with Crippen molar-refractivity contribution in [2.45, 2.75) is 19.4 Å². The number of rotatable bonds is 8. The number of methoxy groups -OCH3 is 2. The zero-order valence-corrected chi connectivity index (χ0v) is 16.7. The summed E-state index contributed by atoms with van der Waals surface area (Å²) >= 11 is 1.30. The summed E-state index contributed by atoms with van der Waals surface area (Å²) < 4.78 is 16.1. The largest absolute Gasteiger partial charge is 0.497 e. The van der Waals surface area contributed by atoms with Gasteiger partial charge in [-0.2, -0.15) is 0 Å². The number of nitrogens with zero attached hydrogens (tertiary/aromatic N) is 2. The smallest absolute Gasteiger partial charge is 0.267 e. The van der Waals surface area contributed by atoms with E-state index in [0.29, 0.717) is 22.3 Å². The van der Waals surface area contributed by atoms with Gasteiger partial charge in [-0.15, -0.1) is 10.2 Å². The Morgan fingerprint density at radius 2 is 1.54 bits per heavy atom. The first-order chi connectivity index (χ1) is 13.6. The Balaban J connectivity index is 1.64. The number of benzene rings is 2. The minimum absolute atomic E-state index is 0.268. The van der Waals surface area contributed by atoms with Crippen LogP contribution in [0.4, 0.5) is 5.13 Å². The number of ether oxygens (including phenoxy) is 3. The number of carbonyl (C=O) groups excluding carboxylic acids is 1. The van der Waals surface area contributed by atoms with Gasteiger partial charge < -0.3 is 14.2 Å². The molecule has 7 nitrogen and oxygen atoms in total. The van der Waals surface area contributed by atoms with E-state index in [1.165, 1.54) is 11.3 Å². The lowest BCUT2D eigenvalue weighted by atomic mass is 10.2. The van der Waals surface area contributed by atoms with Crippen LogP contribution in [0.2, 0.25) is 0 Å². The average molecular weight is 399 g/mol. The maximum absolute atomic E-state index is 12.6. The van der Waals surface area contributed by atoms with Gasteiger partial charge in [0.1, 0.15) is 22.3 Å². The Morgan fingerprint density at radius 1 is 0.964 bits per heavy atom. The molecule has 0 radical (unpaired) electrons. The summed E-state index contributed by atoms with van der Waals surface area (Å²) in [6, 6.07) is 14.6. The molecule has 0 spiro atoms. The van der Waals surface area contributed by atoms with E-state index in [0.717, 1.165) is 17.1 Å². The molecule has 0 aliphatic heterocycles. The Morgan fingerprint density at radius 3 is 2.11 bits per heavy atom. The standard InChI is InChI=1S/C20H21N3O4S/c1-4-17(27-16-11-9-15(26-3)10-12-16)18(24)21-20-23-22-19(28-20)13-5-7-14(25-2)8-6-13/h5-12,17H,4H2,1-3H3,(H,21,23,24)/t17-/m0/s1. The van der Waals surface area contributed by atoms with E-state index in [4.69, 9.17) is 14.2 Å². The van der Waals surface area contributed by atoms with Gasteiger partial charge in [-0.1, -0.05) is 18.3 Å². The minimum Gasteiger partial charge on any atom is -0.497 e. The summed E-state index contributed by atoms with van der Waals surface area (Å²) in [6.07, 6.45) is -0.121. The van der Waals surface area contributed by atoms with E-state index < -0.39 is 6.10 Å². The van der Waals surface area contributed by atoms with Gasteiger partial charge in [0.05, 0.1) is 14.2 Å². The zero-order valence-electron chi connectivity index (χ0n) is 15.8. The van der Waals surface area contributed by atoms with E-state index in [1.807, 2.05) is 31.2 Å². The second-order valence-corrected chi connectivity index (χ2v) is 6.80. The van der Waals surface area contributed by atoms with Gasteiger partial charge in [-0.3, -0.25) is 10.1 Å². The van der Waals surface area contributed by atoms with E-state index in [9.17, 15) is 4.79 Å². The highest BCUT2D eigenvalue weighted by molar-refractivity contribution is 7.18. The molecule has 8 heteroatoms. The highest BCUT2D eigenvalue weighted by atomic mass is 32.1. The van der Waals surface area contributed by atoms with Gasteiger partial charge in [0.15, 0.2) is 6.10 Å². The predicted molar refractivity (Wildman–Crippen MR) is 108 cm³/mol. The Labute approximate surface area is 167 Å². The first-order valence-corrected chi connectivity index (χ1v) is 9.54. The molecule has 1 N–H and O–H groups in total. The van der Waals surface area contributed by atoms with Crippen molar-refractivity contribution in [2.75, 3.05) is 19.5 Å². The molecule has 2 aromatic carbocycles. The molecule has 0 saturated carbocycles. The van der Waals surface area contributed by atoms with E-state index in [2.05, 4.69) is 15.5 Å². The van der Waals surface area contributed by atoms with Crippen molar-refractivity contribution >= 4 is 22.4 Å². The molecular formula is C20H21N3O4S. The average Bonchev–Trinajstić information content (AvgIpc) is 3.20. The number of amides is 1. The number of hydrogen-bond acceptors (Lipinski definition) is 7. The van der Waals surface area contributed by atoms with Crippen LogP contribution in [0.5, 0.6) is 17.2 Å².